The summed E-state index contributed by atoms with van der Waals surface area (Å²) in [5, 5.41) is 7.22. The Kier molecular flexibility index (Phi) is 4.61. The number of hydrogen-bond acceptors (Lipinski definition) is 4. The second-order valence-electron chi connectivity index (χ2n) is 4.34. The molecule has 0 aromatic heterocycles. The summed E-state index contributed by atoms with van der Waals surface area (Å²) < 4.78 is -2.41. The molecule has 1 heterocycles. The maximum absolute atomic E-state index is 12.2. The third-order valence-corrected chi connectivity index (χ3v) is 4.26. The fourth-order valence-electron chi connectivity index (χ4n) is 1.68. The molecule has 1 N–H and O–H groups in total. The SMILES string of the molecule is CN1C(=O)C(=NC(O)(Cl)C(Cl)(Cl)Cl)N(c2ccccc2)C1=O. The van der Waals surface area contributed by atoms with Crippen LogP contribution < -0.4 is 4.90 Å². The van der Waals surface area contributed by atoms with Crippen molar-refractivity contribution in [2.45, 2.75) is 8.98 Å². The van der Waals surface area contributed by atoms with E-state index in [-0.39, 0.29) is 0 Å². The molecule has 0 saturated carbocycles. The zero-order valence-corrected chi connectivity index (χ0v) is 14.0. The minimum Gasteiger partial charge on any atom is -0.354 e. The second kappa shape index (κ2) is 5.86. The Morgan fingerprint density at radius 1 is 1.09 bits per heavy atom. The summed E-state index contributed by atoms with van der Waals surface area (Å²) in [5.74, 6) is -1.25. The standard InChI is InChI=1S/C12H9Cl4N3O3/c1-18-9(20)8(17-12(16,22)11(13,14)15)19(10(18)21)7-5-3-2-4-6-7/h2-6,22H,1H3. The van der Waals surface area contributed by atoms with Crippen LogP contribution in [0.4, 0.5) is 10.5 Å². The Labute approximate surface area is 145 Å². The highest BCUT2D eigenvalue weighted by atomic mass is 35.6. The summed E-state index contributed by atoms with van der Waals surface area (Å²) in [6, 6.07) is 7.51. The Morgan fingerprint density at radius 2 is 1.64 bits per heavy atom. The van der Waals surface area contributed by atoms with Crippen LogP contribution in [0.15, 0.2) is 35.3 Å². The van der Waals surface area contributed by atoms with E-state index in [0.717, 1.165) is 9.80 Å². The van der Waals surface area contributed by atoms with Crippen LogP contribution in [-0.4, -0.2) is 43.8 Å². The van der Waals surface area contributed by atoms with E-state index in [1.165, 1.54) is 7.05 Å². The van der Waals surface area contributed by atoms with Crippen molar-refractivity contribution in [2.75, 3.05) is 11.9 Å². The van der Waals surface area contributed by atoms with Crippen molar-refractivity contribution in [3.8, 4) is 0 Å². The zero-order chi connectivity index (χ0) is 16.7. The maximum atomic E-state index is 12.2. The number of halogens is 4. The van der Waals surface area contributed by atoms with Gasteiger partial charge in [-0.3, -0.25) is 9.69 Å². The first-order valence-corrected chi connectivity index (χ1v) is 7.32. The molecule has 1 aromatic rings. The number of amides is 3. The van der Waals surface area contributed by atoms with Crippen LogP contribution in [0.3, 0.4) is 0 Å². The van der Waals surface area contributed by atoms with Crippen LogP contribution in [0.1, 0.15) is 0 Å². The van der Waals surface area contributed by atoms with Gasteiger partial charge in [0.05, 0.1) is 5.69 Å². The van der Waals surface area contributed by atoms with Crippen LogP contribution >= 0.6 is 46.4 Å². The molecule has 1 aromatic carbocycles. The second-order valence-corrected chi connectivity index (χ2v) is 7.15. The molecule has 1 saturated heterocycles. The van der Waals surface area contributed by atoms with Crippen molar-refractivity contribution >= 4 is 69.9 Å². The van der Waals surface area contributed by atoms with Gasteiger partial charge >= 0.3 is 6.03 Å². The number of aliphatic hydroxyl groups is 1. The van der Waals surface area contributed by atoms with E-state index in [4.69, 9.17) is 46.4 Å². The lowest BCUT2D eigenvalue weighted by Gasteiger charge is -2.25. The Hall–Kier alpha value is -1.05. The molecular weight excluding hydrogens is 376 g/mol. The molecule has 3 amide bonds. The van der Waals surface area contributed by atoms with E-state index >= 15 is 0 Å². The van der Waals surface area contributed by atoms with Crippen molar-refractivity contribution in [1.29, 1.82) is 0 Å². The number of aliphatic imine (C=N–C) groups is 1. The molecule has 22 heavy (non-hydrogen) atoms. The number of hydrogen-bond donors (Lipinski definition) is 1. The van der Waals surface area contributed by atoms with E-state index in [1.807, 2.05) is 0 Å². The van der Waals surface area contributed by atoms with Crippen molar-refractivity contribution in [3.63, 3.8) is 0 Å². The zero-order valence-electron chi connectivity index (χ0n) is 11.0. The topological polar surface area (TPSA) is 73.2 Å². The molecular formula is C12H9Cl4N3O3. The summed E-state index contributed by atoms with van der Waals surface area (Å²) in [7, 11) is 1.26. The van der Waals surface area contributed by atoms with Gasteiger partial charge in [0, 0.05) is 7.05 Å². The number of nitrogens with zero attached hydrogens (tertiary/aromatic N) is 3. The molecule has 1 aliphatic heterocycles. The minimum atomic E-state index is -2.72. The van der Waals surface area contributed by atoms with Crippen molar-refractivity contribution in [2.24, 2.45) is 4.99 Å². The predicted molar refractivity (Wildman–Crippen MR) is 85.6 cm³/mol. The lowest BCUT2D eigenvalue weighted by molar-refractivity contribution is -0.119. The van der Waals surface area contributed by atoms with Gasteiger partial charge in [0.2, 0.25) is 5.84 Å². The van der Waals surface area contributed by atoms with Crippen molar-refractivity contribution in [3.05, 3.63) is 30.3 Å². The summed E-state index contributed by atoms with van der Waals surface area (Å²) in [6.45, 7) is 0. The van der Waals surface area contributed by atoms with Gasteiger partial charge in [0.1, 0.15) is 0 Å². The number of para-hydroxylation sites is 1. The number of amidine groups is 1. The van der Waals surface area contributed by atoms with E-state index in [1.54, 1.807) is 30.3 Å². The molecule has 0 radical (unpaired) electrons. The van der Waals surface area contributed by atoms with E-state index < -0.39 is 26.8 Å². The molecule has 10 heteroatoms. The minimum absolute atomic E-state index is 0.348. The average molecular weight is 385 g/mol. The Morgan fingerprint density at radius 3 is 2.14 bits per heavy atom. The van der Waals surface area contributed by atoms with Gasteiger partial charge in [0.15, 0.2) is 0 Å². The Bertz CT molecular complexity index is 643. The molecule has 0 bridgehead atoms. The maximum Gasteiger partial charge on any atom is 0.337 e. The predicted octanol–water partition coefficient (Wildman–Crippen LogP) is 2.74. The van der Waals surface area contributed by atoms with Crippen LogP contribution in [-0.2, 0) is 4.79 Å². The van der Waals surface area contributed by atoms with Crippen molar-refractivity contribution < 1.29 is 14.7 Å². The van der Waals surface area contributed by atoms with Crippen molar-refractivity contribution in [1.82, 2.24) is 4.90 Å². The lowest BCUT2D eigenvalue weighted by Crippen LogP contribution is -2.40. The van der Waals surface area contributed by atoms with Gasteiger partial charge < -0.3 is 5.11 Å². The highest BCUT2D eigenvalue weighted by Gasteiger charge is 2.50. The number of carbonyl (C=O) groups is 2. The first-order chi connectivity index (χ1) is 10.1. The molecule has 1 fully saturated rings. The molecule has 118 valence electrons. The van der Waals surface area contributed by atoms with Gasteiger partial charge in [-0.15, -0.1) is 0 Å². The monoisotopic (exact) mass is 383 g/mol. The van der Waals surface area contributed by atoms with Gasteiger partial charge in [-0.05, 0) is 12.1 Å². The number of rotatable bonds is 2. The van der Waals surface area contributed by atoms with E-state index in [0.29, 0.717) is 5.69 Å². The molecule has 6 nitrogen and oxygen atoms in total. The number of imide groups is 1. The fraction of sp³-hybridized carbons (Fsp3) is 0.250. The van der Waals surface area contributed by atoms with Gasteiger partial charge in [-0.1, -0.05) is 64.6 Å². The number of alkyl halides is 4. The number of anilines is 1. The first-order valence-electron chi connectivity index (χ1n) is 5.81. The normalized spacial score (nSPS) is 20.7. The molecule has 2 rings (SSSR count). The highest BCUT2D eigenvalue weighted by Crippen LogP contribution is 2.42. The number of benzene rings is 1. The largest absolute Gasteiger partial charge is 0.354 e. The quantitative estimate of drug-likeness (QED) is 0.484. The number of carbonyl (C=O) groups excluding carboxylic acids is 2. The van der Waals surface area contributed by atoms with Gasteiger partial charge in [0.25, 0.3) is 14.9 Å². The summed E-state index contributed by atoms with van der Waals surface area (Å²) in [4.78, 5) is 29.7. The third kappa shape index (κ3) is 3.02. The van der Waals surface area contributed by atoms with Crippen LogP contribution in [0.5, 0.6) is 0 Å². The van der Waals surface area contributed by atoms with E-state index in [9.17, 15) is 14.7 Å². The van der Waals surface area contributed by atoms with Crippen LogP contribution in [0.2, 0.25) is 0 Å². The fourth-order valence-corrected chi connectivity index (χ4v) is 1.89. The van der Waals surface area contributed by atoms with E-state index in [2.05, 4.69) is 4.99 Å². The summed E-state index contributed by atoms with van der Waals surface area (Å²) in [5.41, 5.74) is 0.348. The molecule has 0 spiro atoms. The lowest BCUT2D eigenvalue weighted by atomic mass is 10.3. The molecule has 1 aliphatic rings. The van der Waals surface area contributed by atoms with Crippen LogP contribution in [0, 0.1) is 0 Å². The average Bonchev–Trinajstić information content (AvgIpc) is 2.63. The summed E-state index contributed by atoms with van der Waals surface area (Å²) in [6.07, 6.45) is 0. The third-order valence-electron chi connectivity index (χ3n) is 2.82. The molecule has 0 aliphatic carbocycles. The highest BCUT2D eigenvalue weighted by molar-refractivity contribution is 6.71. The first kappa shape index (κ1) is 17.3. The number of urea groups is 1. The molecule has 1 unspecified atom stereocenters. The van der Waals surface area contributed by atoms with Gasteiger partial charge in [-0.25, -0.2) is 14.7 Å². The smallest absolute Gasteiger partial charge is 0.337 e. The summed E-state index contributed by atoms with van der Waals surface area (Å²) >= 11 is 22.3. The van der Waals surface area contributed by atoms with Gasteiger partial charge in [-0.2, -0.15) is 0 Å². The Balaban J connectivity index is 2.56. The van der Waals surface area contributed by atoms with Crippen LogP contribution in [0.25, 0.3) is 0 Å². The molecule has 1 atom stereocenters. The number of likely N-dealkylation sites (N-methyl/N-ethyl adjacent to an activating group) is 1.